The van der Waals surface area contributed by atoms with E-state index in [2.05, 4.69) is 58.9 Å². The maximum absolute atomic E-state index is 11.1. The molecular weight excluding hydrogens is 586 g/mol. The van der Waals surface area contributed by atoms with Gasteiger partial charge >= 0.3 is 0 Å². The smallest absolute Gasteiger partial charge is 0.167 e. The summed E-state index contributed by atoms with van der Waals surface area (Å²) in [6, 6.07) is 5.11. The Morgan fingerprint density at radius 1 is 0.851 bits per heavy atom. The SMILES string of the molecule is CCCCCCCCCCCCOCC(O)COc1ccc(-c2nc(C3=CCC(C)C=C3C)nc(C3CC=C(C)C=C3C)n2)c(O)c1. The van der Waals surface area contributed by atoms with E-state index in [0.717, 1.165) is 36.8 Å². The first-order chi connectivity index (χ1) is 22.7. The molecule has 2 aromatic rings. The lowest BCUT2D eigenvalue weighted by molar-refractivity contribution is 0.0109. The van der Waals surface area contributed by atoms with Crippen LogP contribution in [0.15, 0.2) is 59.2 Å². The van der Waals surface area contributed by atoms with Crippen LogP contribution in [0.1, 0.15) is 129 Å². The van der Waals surface area contributed by atoms with Crippen LogP contribution < -0.4 is 4.74 Å². The molecule has 4 rings (SSSR count). The van der Waals surface area contributed by atoms with Gasteiger partial charge in [0.05, 0.1) is 12.2 Å². The zero-order valence-electron chi connectivity index (χ0n) is 29.4. The number of hydrogen-bond acceptors (Lipinski definition) is 7. The van der Waals surface area contributed by atoms with E-state index in [-0.39, 0.29) is 24.9 Å². The highest BCUT2D eigenvalue weighted by atomic mass is 16.5. The third-order valence-electron chi connectivity index (χ3n) is 9.14. The molecule has 0 saturated heterocycles. The Hall–Kier alpha value is -3.29. The highest BCUT2D eigenvalue weighted by molar-refractivity contribution is 5.77. The summed E-state index contributed by atoms with van der Waals surface area (Å²) in [7, 11) is 0. The molecule has 0 spiro atoms. The van der Waals surface area contributed by atoms with Gasteiger partial charge in [0.25, 0.3) is 0 Å². The van der Waals surface area contributed by atoms with Gasteiger partial charge < -0.3 is 19.7 Å². The Bertz CT molecular complexity index is 1430. The minimum absolute atomic E-state index is 0.0162. The largest absolute Gasteiger partial charge is 0.507 e. The lowest BCUT2D eigenvalue weighted by atomic mass is 9.88. The summed E-state index contributed by atoms with van der Waals surface area (Å²) in [6.45, 7) is 11.8. The molecule has 3 atom stereocenters. The van der Waals surface area contributed by atoms with Crippen LogP contribution in [0.4, 0.5) is 0 Å². The number of aliphatic hydroxyl groups is 1. The van der Waals surface area contributed by atoms with Gasteiger partial charge in [0, 0.05) is 24.2 Å². The minimum atomic E-state index is -0.749. The molecule has 0 radical (unpaired) electrons. The summed E-state index contributed by atoms with van der Waals surface area (Å²) in [5.74, 6) is 2.76. The van der Waals surface area contributed by atoms with Crippen LogP contribution in [0.5, 0.6) is 11.5 Å². The molecule has 0 fully saturated rings. The molecule has 3 unspecified atom stereocenters. The Morgan fingerprint density at radius 3 is 2.23 bits per heavy atom. The Kier molecular flexibility index (Phi) is 14.7. The molecule has 47 heavy (non-hydrogen) atoms. The van der Waals surface area contributed by atoms with Crippen LogP contribution in [0.3, 0.4) is 0 Å². The predicted octanol–water partition coefficient (Wildman–Crippen LogP) is 9.67. The lowest BCUT2D eigenvalue weighted by Gasteiger charge is -2.22. The predicted molar refractivity (Wildman–Crippen MR) is 191 cm³/mol. The summed E-state index contributed by atoms with van der Waals surface area (Å²) >= 11 is 0. The van der Waals surface area contributed by atoms with E-state index in [9.17, 15) is 10.2 Å². The van der Waals surface area contributed by atoms with Crippen LogP contribution in [0.25, 0.3) is 17.0 Å². The monoisotopic (exact) mass is 643 g/mol. The van der Waals surface area contributed by atoms with Gasteiger partial charge in [0.15, 0.2) is 11.6 Å². The summed E-state index contributed by atoms with van der Waals surface area (Å²) in [5.41, 5.74) is 5.14. The van der Waals surface area contributed by atoms with E-state index in [1.165, 1.54) is 62.5 Å². The first-order valence-corrected chi connectivity index (χ1v) is 18.0. The van der Waals surface area contributed by atoms with Gasteiger partial charge in [-0.05, 0) is 63.7 Å². The summed E-state index contributed by atoms with van der Waals surface area (Å²) in [4.78, 5) is 14.7. The van der Waals surface area contributed by atoms with Crippen LogP contribution >= 0.6 is 0 Å². The number of aromatic nitrogens is 3. The van der Waals surface area contributed by atoms with Crippen LogP contribution in [-0.2, 0) is 4.74 Å². The molecule has 1 aromatic heterocycles. The average molecular weight is 644 g/mol. The summed E-state index contributed by atoms with van der Waals surface area (Å²) in [5, 5.41) is 21.5. The van der Waals surface area contributed by atoms with Gasteiger partial charge in [-0.3, -0.25) is 0 Å². The number of phenolic OH excluding ortho intramolecular Hbond substituents is 1. The molecule has 0 saturated carbocycles. The molecule has 7 heteroatoms. The number of benzene rings is 1. The van der Waals surface area contributed by atoms with Crippen molar-refractivity contribution in [2.45, 2.75) is 124 Å². The van der Waals surface area contributed by atoms with Gasteiger partial charge in [0.2, 0.25) is 0 Å². The van der Waals surface area contributed by atoms with Crippen molar-refractivity contribution in [2.24, 2.45) is 5.92 Å². The quantitative estimate of drug-likeness (QED) is 0.147. The van der Waals surface area contributed by atoms with Crippen molar-refractivity contribution in [1.29, 1.82) is 0 Å². The number of ether oxygens (including phenoxy) is 2. The van der Waals surface area contributed by atoms with Crippen LogP contribution in [0, 0.1) is 5.92 Å². The molecule has 0 bridgehead atoms. The molecule has 2 aliphatic carbocycles. The number of hydrogen-bond donors (Lipinski definition) is 2. The maximum atomic E-state index is 11.1. The van der Waals surface area contributed by atoms with E-state index >= 15 is 0 Å². The standard InChI is InChI=1S/C40H57N3O4/c1-6-7-8-9-10-11-12-13-14-15-22-46-26-32(44)27-47-33-18-21-36(37(45)25-33)40-42-38(34-19-16-28(2)23-30(34)4)41-39(43-40)35-20-17-29(3)24-31(35)5/h16,18,20-21,23-25,29,32,34,44-45H,6-15,17,19,22,26-27H2,1-5H3. The molecular formula is C40H57N3O4. The minimum Gasteiger partial charge on any atom is -0.507 e. The maximum Gasteiger partial charge on any atom is 0.167 e. The lowest BCUT2D eigenvalue weighted by Crippen LogP contribution is -2.23. The van der Waals surface area contributed by atoms with Crippen molar-refractivity contribution < 1.29 is 19.7 Å². The molecule has 7 nitrogen and oxygen atoms in total. The van der Waals surface area contributed by atoms with E-state index in [1.54, 1.807) is 18.2 Å². The van der Waals surface area contributed by atoms with Crippen LogP contribution in [0.2, 0.25) is 0 Å². The van der Waals surface area contributed by atoms with Crippen molar-refractivity contribution >= 4 is 5.57 Å². The van der Waals surface area contributed by atoms with E-state index < -0.39 is 6.10 Å². The Labute approximate surface area is 283 Å². The first-order valence-electron chi connectivity index (χ1n) is 18.0. The van der Waals surface area contributed by atoms with Crippen molar-refractivity contribution in [2.75, 3.05) is 19.8 Å². The fraction of sp³-hybridized carbons (Fsp3) is 0.575. The topological polar surface area (TPSA) is 97.6 Å². The second-order valence-electron chi connectivity index (χ2n) is 13.5. The number of unbranched alkanes of at least 4 members (excludes halogenated alkanes) is 9. The third-order valence-corrected chi connectivity index (χ3v) is 9.14. The molecule has 1 aromatic carbocycles. The van der Waals surface area contributed by atoms with Gasteiger partial charge in [-0.1, -0.05) is 107 Å². The number of aromatic hydroxyl groups is 1. The van der Waals surface area contributed by atoms with E-state index in [1.807, 2.05) is 0 Å². The third kappa shape index (κ3) is 11.4. The number of rotatable bonds is 19. The second-order valence-corrected chi connectivity index (χ2v) is 13.5. The van der Waals surface area contributed by atoms with E-state index in [4.69, 9.17) is 24.4 Å². The molecule has 0 amide bonds. The fourth-order valence-electron chi connectivity index (χ4n) is 6.37. The van der Waals surface area contributed by atoms with Crippen molar-refractivity contribution in [3.05, 3.63) is 70.9 Å². The summed E-state index contributed by atoms with van der Waals surface area (Å²) in [6.07, 6.45) is 22.7. The van der Waals surface area contributed by atoms with Gasteiger partial charge in [-0.2, -0.15) is 0 Å². The van der Waals surface area contributed by atoms with Gasteiger partial charge in [-0.15, -0.1) is 0 Å². The number of aliphatic hydroxyl groups excluding tert-OH is 1. The molecule has 1 heterocycles. The summed E-state index contributed by atoms with van der Waals surface area (Å²) < 4.78 is 11.5. The van der Waals surface area contributed by atoms with Crippen molar-refractivity contribution in [3.63, 3.8) is 0 Å². The zero-order valence-corrected chi connectivity index (χ0v) is 29.4. The van der Waals surface area contributed by atoms with Crippen molar-refractivity contribution in [1.82, 2.24) is 15.0 Å². The first kappa shape index (κ1) is 36.5. The average Bonchev–Trinajstić information content (AvgIpc) is 3.04. The molecule has 2 N–H and O–H groups in total. The number of allylic oxidation sites excluding steroid dienone is 8. The van der Waals surface area contributed by atoms with Gasteiger partial charge in [0.1, 0.15) is 30.0 Å². The highest BCUT2D eigenvalue weighted by Crippen LogP contribution is 2.36. The van der Waals surface area contributed by atoms with Gasteiger partial charge in [-0.25, -0.2) is 15.0 Å². The Morgan fingerprint density at radius 2 is 1.55 bits per heavy atom. The molecule has 2 aliphatic rings. The van der Waals surface area contributed by atoms with Crippen molar-refractivity contribution in [3.8, 4) is 22.9 Å². The fourth-order valence-corrected chi connectivity index (χ4v) is 6.37. The zero-order chi connectivity index (χ0) is 33.6. The Balaban J connectivity index is 1.32. The normalized spacial score (nSPS) is 18.7. The number of phenols is 1. The molecule has 256 valence electrons. The number of nitrogens with zero attached hydrogens (tertiary/aromatic N) is 3. The highest BCUT2D eigenvalue weighted by Gasteiger charge is 2.24. The molecule has 0 aliphatic heterocycles. The van der Waals surface area contributed by atoms with Crippen LogP contribution in [-0.4, -0.2) is 51.1 Å². The van der Waals surface area contributed by atoms with E-state index in [0.29, 0.717) is 41.3 Å². The second kappa shape index (κ2) is 18.9.